The molecule has 13 heteroatoms. The van der Waals surface area contributed by atoms with Crippen LogP contribution in [0.4, 0.5) is 28.9 Å². The van der Waals surface area contributed by atoms with Crippen molar-refractivity contribution in [1.82, 2.24) is 4.57 Å². The quantitative estimate of drug-likeness (QED) is 0.237. The summed E-state index contributed by atoms with van der Waals surface area (Å²) in [6.45, 7) is -0.400. The molecule has 2 aliphatic rings. The van der Waals surface area contributed by atoms with Gasteiger partial charge in [-0.2, -0.15) is 13.2 Å². The number of nitrogens with one attached hydrogen (secondary N) is 1. The molecule has 1 fully saturated rings. The molecule has 1 aromatic heterocycles. The predicted octanol–water partition coefficient (Wildman–Crippen LogP) is 5.50. The highest BCUT2D eigenvalue weighted by Gasteiger charge is 2.57. The zero-order chi connectivity index (χ0) is 29.8. The van der Waals surface area contributed by atoms with E-state index in [0.717, 1.165) is 53.4 Å². The highest BCUT2D eigenvalue weighted by atomic mass is 32.2. The average Bonchev–Trinajstić information content (AvgIpc) is 3.39. The minimum Gasteiger partial charge on any atom is -0.325 e. The standard InChI is InChI=1S/C29H19F4N3O4S2/c30-16-12-10-15(11-13-16)21-22-23(26(39)36(25(22)38)19-9-5-4-8-18(19)29(31,32)33)41-27-24(21)42-28(40)35(27)14-20(37)34-17-6-2-1-3-7-17/h1-13,21-23H,14H2,(H,34,37)/t21-,22?,23?/m1/s1. The number of thiazole rings is 1. The third-order valence-corrected chi connectivity index (χ3v) is 9.69. The number of thioether (sulfide) groups is 1. The summed E-state index contributed by atoms with van der Waals surface area (Å²) in [5.74, 6) is -4.92. The van der Waals surface area contributed by atoms with E-state index in [0.29, 0.717) is 21.0 Å². The number of aromatic nitrogens is 1. The van der Waals surface area contributed by atoms with Gasteiger partial charge in [0.15, 0.2) is 0 Å². The van der Waals surface area contributed by atoms with Gasteiger partial charge in [-0.05, 0) is 42.0 Å². The average molecular weight is 614 g/mol. The summed E-state index contributed by atoms with van der Waals surface area (Å²) in [7, 11) is 0. The predicted molar refractivity (Wildman–Crippen MR) is 149 cm³/mol. The van der Waals surface area contributed by atoms with Crippen molar-refractivity contribution in [2.24, 2.45) is 5.92 Å². The fourth-order valence-electron chi connectivity index (χ4n) is 5.30. The van der Waals surface area contributed by atoms with E-state index >= 15 is 0 Å². The molecule has 7 nitrogen and oxygen atoms in total. The molecule has 0 spiro atoms. The fourth-order valence-corrected chi connectivity index (χ4v) is 8.07. The van der Waals surface area contributed by atoms with Crippen LogP contribution in [-0.4, -0.2) is 27.5 Å². The van der Waals surface area contributed by atoms with E-state index in [2.05, 4.69) is 5.32 Å². The number of alkyl halides is 3. The first-order valence-corrected chi connectivity index (χ1v) is 14.3. The molecule has 1 N–H and O–H groups in total. The van der Waals surface area contributed by atoms with Crippen molar-refractivity contribution < 1.29 is 31.9 Å². The molecule has 0 aliphatic carbocycles. The molecule has 3 aromatic carbocycles. The summed E-state index contributed by atoms with van der Waals surface area (Å²) in [5, 5.41) is 1.76. The Balaban J connectivity index is 1.44. The Hall–Kier alpha value is -4.23. The first-order chi connectivity index (χ1) is 20.0. The van der Waals surface area contributed by atoms with Gasteiger partial charge in [0.1, 0.15) is 17.6 Å². The van der Waals surface area contributed by atoms with Crippen LogP contribution in [0.3, 0.4) is 0 Å². The van der Waals surface area contributed by atoms with Gasteiger partial charge in [-0.3, -0.25) is 23.7 Å². The molecule has 0 bridgehead atoms. The molecule has 0 radical (unpaired) electrons. The van der Waals surface area contributed by atoms with Crippen molar-refractivity contribution in [1.29, 1.82) is 0 Å². The zero-order valence-electron chi connectivity index (χ0n) is 21.3. The second kappa shape index (κ2) is 10.6. The Kier molecular flexibility index (Phi) is 7.01. The summed E-state index contributed by atoms with van der Waals surface area (Å²) in [4.78, 5) is 54.1. The summed E-state index contributed by atoms with van der Waals surface area (Å²) < 4.78 is 56.7. The normalized spacial score (nSPS) is 19.9. The Morgan fingerprint density at radius 1 is 0.881 bits per heavy atom. The maximum absolute atomic E-state index is 13.9. The second-order valence-corrected chi connectivity index (χ2v) is 11.8. The van der Waals surface area contributed by atoms with E-state index in [4.69, 9.17) is 0 Å². The van der Waals surface area contributed by atoms with Gasteiger partial charge in [0, 0.05) is 16.5 Å². The molecular formula is C29H19F4N3O4S2. The largest absolute Gasteiger partial charge is 0.418 e. The molecule has 3 heterocycles. The highest BCUT2D eigenvalue weighted by Crippen LogP contribution is 2.54. The van der Waals surface area contributed by atoms with Gasteiger partial charge in [0.25, 0.3) is 0 Å². The number of nitrogens with zero attached hydrogens (tertiary/aromatic N) is 2. The number of amides is 3. The lowest BCUT2D eigenvalue weighted by atomic mass is 9.83. The maximum atomic E-state index is 13.9. The number of carbonyl (C=O) groups is 3. The minimum absolute atomic E-state index is 0.260. The van der Waals surface area contributed by atoms with Crippen molar-refractivity contribution in [2.75, 3.05) is 10.2 Å². The van der Waals surface area contributed by atoms with Crippen molar-refractivity contribution in [3.8, 4) is 0 Å². The van der Waals surface area contributed by atoms with Crippen molar-refractivity contribution in [3.05, 3.63) is 110 Å². The number of carbonyl (C=O) groups excluding carboxylic acids is 3. The number of halogens is 4. The maximum Gasteiger partial charge on any atom is 0.418 e. The van der Waals surface area contributed by atoms with E-state index in [9.17, 15) is 36.7 Å². The van der Waals surface area contributed by atoms with Gasteiger partial charge >= 0.3 is 11.0 Å². The van der Waals surface area contributed by atoms with Gasteiger partial charge in [-0.15, -0.1) is 0 Å². The molecule has 6 rings (SSSR count). The summed E-state index contributed by atoms with van der Waals surface area (Å²) >= 11 is 1.65. The van der Waals surface area contributed by atoms with E-state index in [1.807, 2.05) is 0 Å². The van der Waals surface area contributed by atoms with Crippen LogP contribution in [0.2, 0.25) is 0 Å². The second-order valence-electron chi connectivity index (χ2n) is 9.66. The summed E-state index contributed by atoms with van der Waals surface area (Å²) in [5.41, 5.74) is -0.817. The molecule has 42 heavy (non-hydrogen) atoms. The topological polar surface area (TPSA) is 88.5 Å². The van der Waals surface area contributed by atoms with Crippen LogP contribution in [0, 0.1) is 11.7 Å². The van der Waals surface area contributed by atoms with Crippen molar-refractivity contribution in [3.63, 3.8) is 0 Å². The Bertz CT molecular complexity index is 1770. The molecule has 3 amide bonds. The van der Waals surface area contributed by atoms with Crippen LogP contribution in [0.5, 0.6) is 0 Å². The first kappa shape index (κ1) is 27.9. The Morgan fingerprint density at radius 3 is 2.24 bits per heavy atom. The van der Waals surface area contributed by atoms with Gasteiger partial charge < -0.3 is 5.32 Å². The smallest absolute Gasteiger partial charge is 0.325 e. The lowest BCUT2D eigenvalue weighted by Crippen LogP contribution is -2.33. The van der Waals surface area contributed by atoms with Crippen LogP contribution < -0.4 is 15.1 Å². The number of hydrogen-bond acceptors (Lipinski definition) is 6. The molecule has 3 atom stereocenters. The van der Waals surface area contributed by atoms with Gasteiger partial charge in [0.05, 0.1) is 22.2 Å². The van der Waals surface area contributed by atoms with Gasteiger partial charge in [0.2, 0.25) is 17.7 Å². The third-order valence-electron chi connectivity index (χ3n) is 7.09. The van der Waals surface area contributed by atoms with Gasteiger partial charge in [-0.1, -0.05) is 65.6 Å². The summed E-state index contributed by atoms with van der Waals surface area (Å²) in [6.07, 6.45) is -4.83. The van der Waals surface area contributed by atoms with E-state index in [-0.39, 0.29) is 5.03 Å². The molecule has 0 saturated carbocycles. The summed E-state index contributed by atoms with van der Waals surface area (Å²) in [6, 6.07) is 18.0. The molecular weight excluding hydrogens is 594 g/mol. The van der Waals surface area contributed by atoms with E-state index in [1.54, 1.807) is 30.3 Å². The number of imide groups is 1. The first-order valence-electron chi connectivity index (χ1n) is 12.6. The zero-order valence-corrected chi connectivity index (χ0v) is 22.9. The van der Waals surface area contributed by atoms with Crippen LogP contribution >= 0.6 is 23.1 Å². The Morgan fingerprint density at radius 2 is 1.55 bits per heavy atom. The van der Waals surface area contributed by atoms with Crippen molar-refractivity contribution in [2.45, 2.75) is 28.9 Å². The molecule has 1 saturated heterocycles. The molecule has 214 valence electrons. The van der Waals surface area contributed by atoms with Crippen LogP contribution in [-0.2, 0) is 27.1 Å². The van der Waals surface area contributed by atoms with Crippen LogP contribution in [0.25, 0.3) is 0 Å². The minimum atomic E-state index is -4.83. The number of rotatable bonds is 5. The number of hydrogen-bond donors (Lipinski definition) is 1. The number of anilines is 2. The number of fused-ring (bicyclic) bond motifs is 2. The monoisotopic (exact) mass is 613 g/mol. The molecule has 2 aliphatic heterocycles. The van der Waals surface area contributed by atoms with Crippen LogP contribution in [0.1, 0.15) is 21.9 Å². The lowest BCUT2D eigenvalue weighted by Gasteiger charge is -2.30. The van der Waals surface area contributed by atoms with E-state index in [1.165, 1.54) is 22.8 Å². The Labute approximate surface area is 243 Å². The number of para-hydroxylation sites is 2. The van der Waals surface area contributed by atoms with Crippen LogP contribution in [0.15, 0.2) is 88.7 Å². The number of benzene rings is 3. The molecule has 2 unspecified atom stereocenters. The lowest BCUT2D eigenvalue weighted by molar-refractivity contribution is -0.137. The third kappa shape index (κ3) is 4.81. The van der Waals surface area contributed by atoms with E-state index < -0.39 is 69.5 Å². The molecule has 4 aromatic rings. The fraction of sp³-hybridized carbons (Fsp3) is 0.172. The van der Waals surface area contributed by atoms with Crippen molar-refractivity contribution >= 4 is 52.2 Å². The van der Waals surface area contributed by atoms with Gasteiger partial charge in [-0.25, -0.2) is 9.29 Å². The SMILES string of the molecule is O=C(Cn1c2c(sc1=O)[C@H](c1ccc(F)cc1)C1C(=O)N(c3ccccc3C(F)(F)F)C(=O)C1S2)Nc1ccccc1. The highest BCUT2D eigenvalue weighted by molar-refractivity contribution is 8.00.